The molecule has 0 bridgehead atoms. The van der Waals surface area contributed by atoms with Gasteiger partial charge in [-0.25, -0.2) is 0 Å². The summed E-state index contributed by atoms with van der Waals surface area (Å²) in [5, 5.41) is -0.492. The van der Waals surface area contributed by atoms with Crippen molar-refractivity contribution in [1.29, 1.82) is 0 Å². The van der Waals surface area contributed by atoms with Crippen molar-refractivity contribution in [3.63, 3.8) is 0 Å². The van der Waals surface area contributed by atoms with Crippen molar-refractivity contribution in [1.82, 2.24) is 0 Å². The number of benzene rings is 1. The van der Waals surface area contributed by atoms with Crippen molar-refractivity contribution < 1.29 is 4.79 Å². The molecular weight excluding hydrogens is 334 g/mol. The SMILES string of the molecule is CC(Cl)C(=O)c1cc(CCl)ccc1I. The summed E-state index contributed by atoms with van der Waals surface area (Å²) >= 11 is 13.6. The summed E-state index contributed by atoms with van der Waals surface area (Å²) in [6.07, 6.45) is 0. The highest BCUT2D eigenvalue weighted by Crippen LogP contribution is 2.19. The van der Waals surface area contributed by atoms with Gasteiger partial charge in [-0.2, -0.15) is 0 Å². The second kappa shape index (κ2) is 5.33. The molecule has 0 saturated heterocycles. The van der Waals surface area contributed by atoms with Crippen LogP contribution in [-0.4, -0.2) is 11.2 Å². The fourth-order valence-corrected chi connectivity index (χ4v) is 1.94. The molecule has 0 fully saturated rings. The van der Waals surface area contributed by atoms with E-state index in [2.05, 4.69) is 22.6 Å². The molecule has 0 N–H and O–H groups in total. The number of ketones is 1. The summed E-state index contributed by atoms with van der Waals surface area (Å²) in [7, 11) is 0. The third-order valence-corrected chi connectivity index (χ3v) is 3.26. The molecule has 0 aliphatic heterocycles. The topological polar surface area (TPSA) is 17.1 Å². The van der Waals surface area contributed by atoms with Crippen LogP contribution in [0, 0.1) is 3.57 Å². The highest BCUT2D eigenvalue weighted by Gasteiger charge is 2.15. The molecule has 1 rings (SSSR count). The zero-order valence-electron chi connectivity index (χ0n) is 7.56. The monoisotopic (exact) mass is 342 g/mol. The Morgan fingerprint density at radius 2 is 2.21 bits per heavy atom. The van der Waals surface area contributed by atoms with Crippen LogP contribution >= 0.6 is 45.8 Å². The first-order valence-corrected chi connectivity index (χ1v) is 6.14. The number of carbonyl (C=O) groups excluding carboxylic acids is 1. The van der Waals surface area contributed by atoms with Gasteiger partial charge in [0.15, 0.2) is 5.78 Å². The average molecular weight is 343 g/mol. The van der Waals surface area contributed by atoms with Gasteiger partial charge in [0.2, 0.25) is 0 Å². The smallest absolute Gasteiger partial charge is 0.181 e. The van der Waals surface area contributed by atoms with Crippen LogP contribution in [-0.2, 0) is 5.88 Å². The summed E-state index contributed by atoms with van der Waals surface area (Å²) in [5.74, 6) is 0.358. The predicted octanol–water partition coefficient (Wildman–Crippen LogP) is 3.84. The van der Waals surface area contributed by atoms with Gasteiger partial charge in [-0.15, -0.1) is 23.2 Å². The second-order valence-corrected chi connectivity index (χ2v) is 5.01. The third kappa shape index (κ3) is 2.84. The Morgan fingerprint density at radius 1 is 1.57 bits per heavy atom. The van der Waals surface area contributed by atoms with Gasteiger partial charge in [0.1, 0.15) is 0 Å². The van der Waals surface area contributed by atoms with E-state index in [-0.39, 0.29) is 5.78 Å². The molecule has 0 aliphatic carbocycles. The fourth-order valence-electron chi connectivity index (χ4n) is 1.06. The van der Waals surface area contributed by atoms with Crippen molar-refractivity contribution in [3.8, 4) is 0 Å². The molecule has 1 unspecified atom stereocenters. The van der Waals surface area contributed by atoms with E-state index in [0.717, 1.165) is 9.13 Å². The van der Waals surface area contributed by atoms with Crippen molar-refractivity contribution >= 4 is 51.6 Å². The lowest BCUT2D eigenvalue weighted by molar-refractivity contribution is 0.0991. The highest BCUT2D eigenvalue weighted by molar-refractivity contribution is 14.1. The Bertz CT molecular complexity index is 350. The van der Waals surface area contributed by atoms with Crippen LogP contribution in [0.25, 0.3) is 0 Å². The molecule has 0 spiro atoms. The van der Waals surface area contributed by atoms with Crippen LogP contribution in [0.2, 0.25) is 0 Å². The minimum Gasteiger partial charge on any atom is -0.292 e. The van der Waals surface area contributed by atoms with Crippen LogP contribution in [0.3, 0.4) is 0 Å². The van der Waals surface area contributed by atoms with Crippen molar-refractivity contribution in [2.24, 2.45) is 0 Å². The van der Waals surface area contributed by atoms with Gasteiger partial charge in [0.05, 0.1) is 5.38 Å². The Morgan fingerprint density at radius 3 is 2.71 bits per heavy atom. The van der Waals surface area contributed by atoms with Gasteiger partial charge in [-0.05, 0) is 47.2 Å². The molecule has 4 heteroatoms. The summed E-state index contributed by atoms with van der Waals surface area (Å²) < 4.78 is 0.911. The number of alkyl halides is 2. The minimum absolute atomic E-state index is 0.0527. The zero-order valence-corrected chi connectivity index (χ0v) is 11.2. The Labute approximate surface area is 107 Å². The Kier molecular flexibility index (Phi) is 4.67. The molecule has 1 aromatic rings. The normalized spacial score (nSPS) is 12.6. The standard InChI is InChI=1S/C10H9Cl2IO/c1-6(12)10(14)8-4-7(5-11)2-3-9(8)13/h2-4,6H,5H2,1H3. The maximum absolute atomic E-state index is 11.7. The number of Topliss-reactive ketones (excluding diaryl/α,β-unsaturated/α-hetero) is 1. The van der Waals surface area contributed by atoms with E-state index in [1.807, 2.05) is 12.1 Å². The van der Waals surface area contributed by atoms with Crippen molar-refractivity contribution in [2.45, 2.75) is 18.2 Å². The first-order valence-electron chi connectivity index (χ1n) is 4.09. The average Bonchev–Trinajstić information content (AvgIpc) is 2.17. The number of hydrogen-bond acceptors (Lipinski definition) is 1. The lowest BCUT2D eigenvalue weighted by Crippen LogP contribution is -2.12. The molecule has 14 heavy (non-hydrogen) atoms. The molecule has 1 atom stereocenters. The van der Waals surface area contributed by atoms with E-state index in [1.54, 1.807) is 13.0 Å². The minimum atomic E-state index is -0.492. The maximum atomic E-state index is 11.7. The van der Waals surface area contributed by atoms with Gasteiger partial charge < -0.3 is 0 Å². The fraction of sp³-hybridized carbons (Fsp3) is 0.300. The van der Waals surface area contributed by atoms with E-state index < -0.39 is 5.38 Å². The third-order valence-electron chi connectivity index (χ3n) is 1.81. The summed E-state index contributed by atoms with van der Waals surface area (Å²) in [5.41, 5.74) is 1.60. The van der Waals surface area contributed by atoms with E-state index in [1.165, 1.54) is 0 Å². The molecule has 0 saturated carbocycles. The quantitative estimate of drug-likeness (QED) is 0.463. The predicted molar refractivity (Wildman–Crippen MR) is 68.4 cm³/mol. The Balaban J connectivity index is 3.12. The first-order chi connectivity index (χ1) is 6.56. The van der Waals surface area contributed by atoms with Crippen molar-refractivity contribution in [2.75, 3.05) is 0 Å². The van der Waals surface area contributed by atoms with Crippen LogP contribution in [0.15, 0.2) is 18.2 Å². The molecule has 0 radical (unpaired) electrons. The summed E-state index contributed by atoms with van der Waals surface area (Å²) in [6.45, 7) is 1.67. The maximum Gasteiger partial charge on any atom is 0.181 e. The van der Waals surface area contributed by atoms with Gasteiger partial charge in [0.25, 0.3) is 0 Å². The first kappa shape index (κ1) is 12.3. The molecule has 0 heterocycles. The largest absolute Gasteiger partial charge is 0.292 e. The Hall–Kier alpha value is 0.200. The van der Waals surface area contributed by atoms with E-state index in [0.29, 0.717) is 11.4 Å². The van der Waals surface area contributed by atoms with E-state index in [4.69, 9.17) is 23.2 Å². The van der Waals surface area contributed by atoms with E-state index >= 15 is 0 Å². The number of rotatable bonds is 3. The zero-order chi connectivity index (χ0) is 10.7. The molecular formula is C10H9Cl2IO. The number of hydrogen-bond donors (Lipinski definition) is 0. The number of halogens is 3. The molecule has 1 nitrogen and oxygen atoms in total. The molecule has 0 aromatic heterocycles. The van der Waals surface area contributed by atoms with E-state index in [9.17, 15) is 4.79 Å². The van der Waals surface area contributed by atoms with Crippen LogP contribution in [0.5, 0.6) is 0 Å². The lowest BCUT2D eigenvalue weighted by Gasteiger charge is -2.06. The summed E-state index contributed by atoms with van der Waals surface area (Å²) in [6, 6.07) is 5.59. The molecule has 1 aromatic carbocycles. The second-order valence-electron chi connectivity index (χ2n) is 2.93. The van der Waals surface area contributed by atoms with Crippen molar-refractivity contribution in [3.05, 3.63) is 32.9 Å². The summed E-state index contributed by atoms with van der Waals surface area (Å²) in [4.78, 5) is 11.7. The molecule has 0 aliphatic rings. The van der Waals surface area contributed by atoms with Crippen LogP contribution in [0.4, 0.5) is 0 Å². The van der Waals surface area contributed by atoms with Gasteiger partial charge in [-0.3, -0.25) is 4.79 Å². The van der Waals surface area contributed by atoms with Gasteiger partial charge >= 0.3 is 0 Å². The van der Waals surface area contributed by atoms with Gasteiger partial charge in [0, 0.05) is 15.0 Å². The molecule has 0 amide bonds. The lowest BCUT2D eigenvalue weighted by atomic mass is 10.1. The highest BCUT2D eigenvalue weighted by atomic mass is 127. The van der Waals surface area contributed by atoms with Crippen LogP contribution < -0.4 is 0 Å². The molecule has 76 valence electrons. The van der Waals surface area contributed by atoms with Crippen LogP contribution in [0.1, 0.15) is 22.8 Å². The number of carbonyl (C=O) groups is 1. The van der Waals surface area contributed by atoms with Gasteiger partial charge in [-0.1, -0.05) is 6.07 Å².